The van der Waals surface area contributed by atoms with E-state index in [0.29, 0.717) is 17.1 Å². The van der Waals surface area contributed by atoms with Crippen molar-refractivity contribution in [1.82, 2.24) is 10.0 Å². The van der Waals surface area contributed by atoms with Crippen LogP contribution < -0.4 is 10.0 Å². The number of sulfonamides is 1. The number of nitrogens with one attached hydrogen (secondary N) is 2. The summed E-state index contributed by atoms with van der Waals surface area (Å²) in [5.74, 6) is 0. The second-order valence-corrected chi connectivity index (χ2v) is 7.53. The van der Waals surface area contributed by atoms with Gasteiger partial charge in [-0.15, -0.1) is 0 Å². The van der Waals surface area contributed by atoms with Gasteiger partial charge in [-0.1, -0.05) is 11.6 Å². The summed E-state index contributed by atoms with van der Waals surface area (Å²) < 4.78 is 27.4. The van der Waals surface area contributed by atoms with Crippen molar-refractivity contribution in [2.75, 3.05) is 0 Å². The van der Waals surface area contributed by atoms with Crippen molar-refractivity contribution >= 4 is 21.6 Å². The Morgan fingerprint density at radius 1 is 1.11 bits per heavy atom. The average molecular weight is 301 g/mol. The first-order valence-corrected chi connectivity index (χ1v) is 8.43. The highest BCUT2D eigenvalue weighted by atomic mass is 35.5. The quantitative estimate of drug-likeness (QED) is 0.896. The summed E-state index contributed by atoms with van der Waals surface area (Å²) in [6.07, 6.45) is 4.07. The molecule has 0 amide bonds. The van der Waals surface area contributed by atoms with E-state index in [4.69, 9.17) is 11.6 Å². The summed E-state index contributed by atoms with van der Waals surface area (Å²) in [7, 11) is -3.43. The minimum atomic E-state index is -3.43. The molecule has 0 aromatic heterocycles. The molecule has 0 saturated carbocycles. The van der Waals surface area contributed by atoms with E-state index in [1.165, 1.54) is 0 Å². The molecule has 4 nitrogen and oxygen atoms in total. The number of fused-ring (bicyclic) bond motifs is 2. The Balaban J connectivity index is 1.73. The highest BCUT2D eigenvalue weighted by Crippen LogP contribution is 2.27. The van der Waals surface area contributed by atoms with Crippen molar-refractivity contribution in [1.29, 1.82) is 0 Å². The third-order valence-electron chi connectivity index (χ3n) is 3.92. The van der Waals surface area contributed by atoms with E-state index in [0.717, 1.165) is 25.7 Å². The number of hydrogen-bond acceptors (Lipinski definition) is 3. The fourth-order valence-electron chi connectivity index (χ4n) is 3.05. The lowest BCUT2D eigenvalue weighted by atomic mass is 10.0. The summed E-state index contributed by atoms with van der Waals surface area (Å²) in [5.41, 5.74) is 0. The molecule has 0 radical (unpaired) electrons. The Morgan fingerprint density at radius 3 is 2.26 bits per heavy atom. The molecule has 2 heterocycles. The van der Waals surface area contributed by atoms with Crippen LogP contribution in [0.25, 0.3) is 0 Å². The first kappa shape index (κ1) is 13.4. The molecule has 2 saturated heterocycles. The van der Waals surface area contributed by atoms with Gasteiger partial charge in [0.25, 0.3) is 0 Å². The number of rotatable bonds is 3. The van der Waals surface area contributed by atoms with E-state index in [2.05, 4.69) is 10.0 Å². The lowest BCUT2D eigenvalue weighted by Gasteiger charge is -2.29. The molecule has 2 unspecified atom stereocenters. The predicted octanol–water partition coefficient (Wildman–Crippen LogP) is 1.90. The average Bonchev–Trinajstić information content (AvgIpc) is 2.69. The zero-order valence-corrected chi connectivity index (χ0v) is 12.0. The predicted molar refractivity (Wildman–Crippen MR) is 74.7 cm³/mol. The van der Waals surface area contributed by atoms with Crippen LogP contribution in [-0.4, -0.2) is 26.5 Å². The van der Waals surface area contributed by atoms with Gasteiger partial charge in [-0.3, -0.25) is 0 Å². The molecule has 104 valence electrons. The third kappa shape index (κ3) is 2.94. The zero-order chi connectivity index (χ0) is 13.5. The van der Waals surface area contributed by atoms with Gasteiger partial charge < -0.3 is 5.32 Å². The van der Waals surface area contributed by atoms with Crippen LogP contribution in [-0.2, 0) is 10.0 Å². The van der Waals surface area contributed by atoms with Crippen molar-refractivity contribution in [3.8, 4) is 0 Å². The van der Waals surface area contributed by atoms with Gasteiger partial charge in [0, 0.05) is 23.1 Å². The van der Waals surface area contributed by atoms with E-state index >= 15 is 0 Å². The van der Waals surface area contributed by atoms with Gasteiger partial charge in [0.05, 0.1) is 4.90 Å². The van der Waals surface area contributed by atoms with Crippen LogP contribution in [0.5, 0.6) is 0 Å². The summed E-state index contributed by atoms with van der Waals surface area (Å²) in [5, 5.41) is 4.04. The fraction of sp³-hybridized carbons (Fsp3) is 0.538. The zero-order valence-electron chi connectivity index (χ0n) is 10.5. The molecule has 2 aliphatic rings. The largest absolute Gasteiger partial charge is 0.311 e. The van der Waals surface area contributed by atoms with Crippen LogP contribution in [0.3, 0.4) is 0 Å². The minimum absolute atomic E-state index is 0.0411. The van der Waals surface area contributed by atoms with Crippen LogP contribution in [0.15, 0.2) is 29.2 Å². The molecule has 3 rings (SSSR count). The maximum Gasteiger partial charge on any atom is 0.240 e. The third-order valence-corrected chi connectivity index (χ3v) is 5.71. The summed E-state index contributed by atoms with van der Waals surface area (Å²) >= 11 is 5.78. The topological polar surface area (TPSA) is 58.2 Å². The van der Waals surface area contributed by atoms with Gasteiger partial charge in [-0.2, -0.15) is 0 Å². The molecule has 2 fully saturated rings. The maximum absolute atomic E-state index is 12.3. The normalized spacial score (nSPS) is 30.5. The Morgan fingerprint density at radius 2 is 1.68 bits per heavy atom. The minimum Gasteiger partial charge on any atom is -0.311 e. The molecule has 2 bridgehead atoms. The smallest absolute Gasteiger partial charge is 0.240 e. The van der Waals surface area contributed by atoms with E-state index in [1.54, 1.807) is 24.3 Å². The van der Waals surface area contributed by atoms with Gasteiger partial charge in [-0.05, 0) is 49.9 Å². The second-order valence-electron chi connectivity index (χ2n) is 5.38. The lowest BCUT2D eigenvalue weighted by molar-refractivity contribution is 0.345. The fourth-order valence-corrected chi connectivity index (χ4v) is 4.44. The van der Waals surface area contributed by atoms with E-state index in [-0.39, 0.29) is 10.9 Å². The Bertz CT molecular complexity index is 547. The molecule has 2 atom stereocenters. The lowest BCUT2D eigenvalue weighted by Crippen LogP contribution is -2.47. The molecular weight excluding hydrogens is 284 g/mol. The summed E-state index contributed by atoms with van der Waals surface area (Å²) in [6.45, 7) is 0. The molecular formula is C13H17ClN2O2S. The second kappa shape index (κ2) is 5.05. The molecule has 2 N–H and O–H groups in total. The molecule has 0 aliphatic carbocycles. The number of benzene rings is 1. The first-order valence-electron chi connectivity index (χ1n) is 6.57. The Hall–Kier alpha value is -0.620. The van der Waals surface area contributed by atoms with E-state index in [9.17, 15) is 8.42 Å². The van der Waals surface area contributed by atoms with Crippen molar-refractivity contribution in [3.63, 3.8) is 0 Å². The van der Waals surface area contributed by atoms with Gasteiger partial charge >= 0.3 is 0 Å². The molecule has 0 spiro atoms. The maximum atomic E-state index is 12.3. The monoisotopic (exact) mass is 300 g/mol. The van der Waals surface area contributed by atoms with Crippen molar-refractivity contribution in [3.05, 3.63) is 29.3 Å². The van der Waals surface area contributed by atoms with Crippen molar-refractivity contribution in [2.45, 2.75) is 48.7 Å². The van der Waals surface area contributed by atoms with Gasteiger partial charge in [0.15, 0.2) is 0 Å². The highest BCUT2D eigenvalue weighted by Gasteiger charge is 2.35. The molecule has 19 heavy (non-hydrogen) atoms. The van der Waals surface area contributed by atoms with Crippen molar-refractivity contribution < 1.29 is 8.42 Å². The number of hydrogen-bond donors (Lipinski definition) is 2. The Kier molecular flexibility index (Phi) is 3.55. The van der Waals surface area contributed by atoms with Gasteiger partial charge in [-0.25, -0.2) is 13.1 Å². The summed E-state index contributed by atoms with van der Waals surface area (Å²) in [6, 6.07) is 7.26. The molecule has 1 aromatic rings. The van der Waals surface area contributed by atoms with Crippen LogP contribution in [0.4, 0.5) is 0 Å². The molecule has 1 aromatic carbocycles. The van der Waals surface area contributed by atoms with Gasteiger partial charge in [0.2, 0.25) is 10.0 Å². The van der Waals surface area contributed by atoms with Gasteiger partial charge in [0.1, 0.15) is 0 Å². The number of halogens is 1. The Labute approximate surface area is 118 Å². The first-order chi connectivity index (χ1) is 9.03. The van der Waals surface area contributed by atoms with E-state index in [1.807, 2.05) is 0 Å². The summed E-state index contributed by atoms with van der Waals surface area (Å²) in [4.78, 5) is 0.280. The number of piperidine rings is 1. The molecule has 6 heteroatoms. The SMILES string of the molecule is O=S(=O)(NC1CC2CCC(C1)N2)c1ccc(Cl)cc1. The van der Waals surface area contributed by atoms with Crippen molar-refractivity contribution in [2.24, 2.45) is 0 Å². The van der Waals surface area contributed by atoms with Crippen LogP contribution in [0.2, 0.25) is 5.02 Å². The standard InChI is InChI=1S/C13H17ClN2O2S/c14-9-1-5-13(6-2-9)19(17,18)16-12-7-10-3-4-11(8-12)15-10/h1-2,5-6,10-12,15-16H,3-4,7-8H2. The van der Waals surface area contributed by atoms with Crippen LogP contribution >= 0.6 is 11.6 Å². The van der Waals surface area contributed by atoms with Crippen LogP contribution in [0.1, 0.15) is 25.7 Å². The van der Waals surface area contributed by atoms with E-state index < -0.39 is 10.0 Å². The molecule has 2 aliphatic heterocycles. The van der Waals surface area contributed by atoms with Crippen LogP contribution in [0, 0.1) is 0 Å². The highest BCUT2D eigenvalue weighted by molar-refractivity contribution is 7.89.